The van der Waals surface area contributed by atoms with Crippen LogP contribution in [0, 0.1) is 6.92 Å². The Balaban J connectivity index is 1.63. The van der Waals surface area contributed by atoms with Crippen LogP contribution in [0.1, 0.15) is 11.1 Å². The number of aromatic nitrogens is 3. The van der Waals surface area contributed by atoms with E-state index < -0.39 is 0 Å². The highest BCUT2D eigenvalue weighted by molar-refractivity contribution is 7.99. The standard InChI is InChI=1S/C21H16N4S/c1-14-6-2-5-9-18(14)20-22-23-21-25(20)24-19(13-26-21)17-11-10-15-7-3-4-8-16(15)12-17/h2-12H,13H2,1H3. The molecule has 5 heteroatoms. The normalized spacial score (nSPS) is 13.5. The summed E-state index contributed by atoms with van der Waals surface area (Å²) in [5.41, 5.74) is 4.42. The number of benzene rings is 3. The van der Waals surface area contributed by atoms with E-state index in [1.54, 1.807) is 11.8 Å². The average Bonchev–Trinajstić information content (AvgIpc) is 3.11. The Bertz CT molecular complexity index is 1160. The van der Waals surface area contributed by atoms with Gasteiger partial charge in [-0.05, 0) is 34.9 Å². The summed E-state index contributed by atoms with van der Waals surface area (Å²) in [6.07, 6.45) is 0. The largest absolute Gasteiger partial charge is 0.212 e. The minimum atomic E-state index is 0.795. The lowest BCUT2D eigenvalue weighted by Gasteiger charge is -2.15. The summed E-state index contributed by atoms with van der Waals surface area (Å²) in [6.45, 7) is 2.08. The van der Waals surface area contributed by atoms with Crippen LogP contribution in [-0.2, 0) is 0 Å². The van der Waals surface area contributed by atoms with Crippen molar-refractivity contribution < 1.29 is 0 Å². The van der Waals surface area contributed by atoms with Crippen molar-refractivity contribution in [2.24, 2.45) is 5.10 Å². The highest BCUT2D eigenvalue weighted by atomic mass is 32.2. The third kappa shape index (κ3) is 2.52. The Morgan fingerprint density at radius 3 is 2.58 bits per heavy atom. The van der Waals surface area contributed by atoms with Gasteiger partial charge in [0, 0.05) is 11.3 Å². The minimum Gasteiger partial charge on any atom is -0.187 e. The Kier molecular flexibility index (Phi) is 3.60. The first kappa shape index (κ1) is 15.3. The lowest BCUT2D eigenvalue weighted by Crippen LogP contribution is -2.13. The van der Waals surface area contributed by atoms with Gasteiger partial charge in [0.2, 0.25) is 5.16 Å². The van der Waals surface area contributed by atoms with Crippen molar-refractivity contribution in [1.82, 2.24) is 14.9 Å². The van der Waals surface area contributed by atoms with Crippen molar-refractivity contribution in [3.8, 4) is 11.4 Å². The van der Waals surface area contributed by atoms with Crippen LogP contribution < -0.4 is 0 Å². The topological polar surface area (TPSA) is 43.1 Å². The Labute approximate surface area is 155 Å². The van der Waals surface area contributed by atoms with Gasteiger partial charge in [-0.1, -0.05) is 72.4 Å². The third-order valence-corrected chi connectivity index (χ3v) is 5.57. The smallest absolute Gasteiger partial charge is 0.187 e. The van der Waals surface area contributed by atoms with E-state index in [4.69, 9.17) is 5.10 Å². The molecule has 3 aromatic carbocycles. The zero-order valence-electron chi connectivity index (χ0n) is 14.3. The first-order chi connectivity index (χ1) is 12.8. The van der Waals surface area contributed by atoms with Crippen molar-refractivity contribution >= 4 is 28.2 Å². The first-order valence-electron chi connectivity index (χ1n) is 8.51. The van der Waals surface area contributed by atoms with Crippen molar-refractivity contribution in [1.29, 1.82) is 0 Å². The number of thioether (sulfide) groups is 1. The maximum Gasteiger partial charge on any atom is 0.212 e. The number of aryl methyl sites for hydroxylation is 1. The molecule has 2 heterocycles. The highest BCUT2D eigenvalue weighted by Crippen LogP contribution is 2.30. The summed E-state index contributed by atoms with van der Waals surface area (Å²) in [6, 6.07) is 23.1. The molecule has 4 aromatic rings. The Hall–Kier alpha value is -2.92. The summed E-state index contributed by atoms with van der Waals surface area (Å²) in [5.74, 6) is 1.59. The molecule has 0 fully saturated rings. The fraction of sp³-hybridized carbons (Fsp3) is 0.0952. The third-order valence-electron chi connectivity index (χ3n) is 4.64. The lowest BCUT2D eigenvalue weighted by molar-refractivity contribution is 0.762. The van der Waals surface area contributed by atoms with Gasteiger partial charge in [-0.2, -0.15) is 9.78 Å². The maximum absolute atomic E-state index is 4.89. The molecule has 0 atom stereocenters. The molecule has 0 amide bonds. The second-order valence-electron chi connectivity index (χ2n) is 6.33. The maximum atomic E-state index is 4.89. The van der Waals surface area contributed by atoms with E-state index in [0.717, 1.165) is 33.6 Å². The van der Waals surface area contributed by atoms with Crippen LogP contribution in [0.5, 0.6) is 0 Å². The fourth-order valence-electron chi connectivity index (χ4n) is 3.23. The molecule has 0 bridgehead atoms. The number of fused-ring (bicyclic) bond motifs is 2. The van der Waals surface area contributed by atoms with E-state index in [1.807, 2.05) is 16.8 Å². The Morgan fingerprint density at radius 1 is 0.885 bits per heavy atom. The van der Waals surface area contributed by atoms with Gasteiger partial charge in [-0.25, -0.2) is 0 Å². The predicted molar refractivity (Wildman–Crippen MR) is 107 cm³/mol. The van der Waals surface area contributed by atoms with Crippen LogP contribution in [-0.4, -0.2) is 26.3 Å². The summed E-state index contributed by atoms with van der Waals surface area (Å²) in [7, 11) is 0. The molecule has 0 radical (unpaired) electrons. The van der Waals surface area contributed by atoms with E-state index in [-0.39, 0.29) is 0 Å². The molecule has 0 saturated carbocycles. The van der Waals surface area contributed by atoms with E-state index >= 15 is 0 Å². The number of hydrogen-bond acceptors (Lipinski definition) is 4. The quantitative estimate of drug-likeness (QED) is 0.520. The first-order valence-corrected chi connectivity index (χ1v) is 9.49. The van der Waals surface area contributed by atoms with Gasteiger partial charge in [-0.3, -0.25) is 0 Å². The van der Waals surface area contributed by atoms with Gasteiger partial charge in [0.05, 0.1) is 5.71 Å². The lowest BCUT2D eigenvalue weighted by atomic mass is 10.0. The molecule has 126 valence electrons. The number of rotatable bonds is 2. The zero-order valence-corrected chi connectivity index (χ0v) is 15.1. The Morgan fingerprint density at radius 2 is 1.69 bits per heavy atom. The molecule has 0 aliphatic carbocycles. The molecular weight excluding hydrogens is 340 g/mol. The van der Waals surface area contributed by atoms with Gasteiger partial charge in [0.1, 0.15) is 0 Å². The second kappa shape index (κ2) is 6.11. The van der Waals surface area contributed by atoms with E-state index in [1.165, 1.54) is 16.3 Å². The SMILES string of the molecule is Cc1ccccc1-c1nnc2n1N=C(c1ccc3ccccc3c1)CS2. The molecule has 4 nitrogen and oxygen atoms in total. The van der Waals surface area contributed by atoms with Gasteiger partial charge in [0.25, 0.3) is 0 Å². The molecule has 0 unspecified atom stereocenters. The summed E-state index contributed by atoms with van der Waals surface area (Å²) in [5, 5.41) is 16.9. The van der Waals surface area contributed by atoms with Crippen LogP contribution >= 0.6 is 11.8 Å². The number of hydrogen-bond donors (Lipinski definition) is 0. The van der Waals surface area contributed by atoms with Crippen LogP contribution in [0.4, 0.5) is 0 Å². The molecule has 1 aliphatic rings. The summed E-state index contributed by atoms with van der Waals surface area (Å²) >= 11 is 1.68. The number of nitrogens with zero attached hydrogens (tertiary/aromatic N) is 4. The van der Waals surface area contributed by atoms with Gasteiger partial charge < -0.3 is 0 Å². The fourth-order valence-corrected chi connectivity index (χ4v) is 4.07. The minimum absolute atomic E-state index is 0.795. The second-order valence-corrected chi connectivity index (χ2v) is 7.27. The summed E-state index contributed by atoms with van der Waals surface area (Å²) in [4.78, 5) is 0. The van der Waals surface area contributed by atoms with Crippen LogP contribution in [0.3, 0.4) is 0 Å². The van der Waals surface area contributed by atoms with E-state index in [9.17, 15) is 0 Å². The predicted octanol–water partition coefficient (Wildman–Crippen LogP) is 4.76. The molecule has 1 aliphatic heterocycles. The van der Waals surface area contributed by atoms with Crippen molar-refractivity contribution in [2.45, 2.75) is 12.1 Å². The molecule has 1 aromatic heterocycles. The van der Waals surface area contributed by atoms with Gasteiger partial charge in [0.15, 0.2) is 5.82 Å². The van der Waals surface area contributed by atoms with E-state index in [2.05, 4.69) is 71.7 Å². The molecule has 0 saturated heterocycles. The molecule has 0 spiro atoms. The van der Waals surface area contributed by atoms with Gasteiger partial charge >= 0.3 is 0 Å². The van der Waals surface area contributed by atoms with Crippen molar-refractivity contribution in [3.05, 3.63) is 77.9 Å². The molecule has 5 rings (SSSR count). The van der Waals surface area contributed by atoms with E-state index in [0.29, 0.717) is 0 Å². The summed E-state index contributed by atoms with van der Waals surface area (Å²) < 4.78 is 1.88. The average molecular weight is 356 g/mol. The van der Waals surface area contributed by atoms with Crippen molar-refractivity contribution in [2.75, 3.05) is 5.75 Å². The van der Waals surface area contributed by atoms with Crippen LogP contribution in [0.15, 0.2) is 77.0 Å². The van der Waals surface area contributed by atoms with Gasteiger partial charge in [-0.15, -0.1) is 10.2 Å². The zero-order chi connectivity index (χ0) is 17.5. The highest BCUT2D eigenvalue weighted by Gasteiger charge is 2.21. The molecule has 26 heavy (non-hydrogen) atoms. The van der Waals surface area contributed by atoms with Crippen LogP contribution in [0.25, 0.3) is 22.2 Å². The molecular formula is C21H16N4S. The molecule has 0 N–H and O–H groups in total. The van der Waals surface area contributed by atoms with Crippen molar-refractivity contribution in [3.63, 3.8) is 0 Å². The van der Waals surface area contributed by atoms with Crippen LogP contribution in [0.2, 0.25) is 0 Å². The monoisotopic (exact) mass is 356 g/mol.